The van der Waals surface area contributed by atoms with Crippen molar-refractivity contribution in [3.05, 3.63) is 132 Å². The summed E-state index contributed by atoms with van der Waals surface area (Å²) < 4.78 is 0. The molecule has 0 radical (unpaired) electrons. The van der Waals surface area contributed by atoms with Crippen LogP contribution in [0.25, 0.3) is 11.1 Å². The number of carbonyl (C=O) groups is 2. The van der Waals surface area contributed by atoms with Crippen molar-refractivity contribution in [3.63, 3.8) is 0 Å². The molecule has 31 heavy (non-hydrogen) atoms. The average Bonchev–Trinajstić information content (AvgIpc) is 2.85. The van der Waals surface area contributed by atoms with E-state index in [9.17, 15) is 9.59 Å². The predicted molar refractivity (Wildman–Crippen MR) is 125 cm³/mol. The minimum absolute atomic E-state index is 0.0503. The molecule has 2 nitrogen and oxygen atoms in total. The maximum atomic E-state index is 13.1. The Balaban J connectivity index is 1.52. The highest BCUT2D eigenvalue weighted by atomic mass is 16.1. The van der Waals surface area contributed by atoms with Crippen LogP contribution in [0.4, 0.5) is 0 Å². The van der Waals surface area contributed by atoms with Crippen LogP contribution in [0.3, 0.4) is 0 Å². The van der Waals surface area contributed by atoms with E-state index in [2.05, 4.69) is 12.1 Å². The highest BCUT2D eigenvalue weighted by Gasteiger charge is 2.21. The molecule has 0 saturated heterocycles. The summed E-state index contributed by atoms with van der Waals surface area (Å²) in [6, 6.07) is 36.9. The van der Waals surface area contributed by atoms with Gasteiger partial charge in [-0.2, -0.15) is 0 Å². The lowest BCUT2D eigenvalue weighted by molar-refractivity contribution is 0.0944. The van der Waals surface area contributed by atoms with Crippen molar-refractivity contribution < 1.29 is 9.59 Å². The summed E-state index contributed by atoms with van der Waals surface area (Å²) in [5.74, 6) is -0.0498. The van der Waals surface area contributed by atoms with Gasteiger partial charge in [0, 0.05) is 24.0 Å². The first-order valence-corrected chi connectivity index (χ1v) is 10.5. The second kappa shape index (κ2) is 9.82. The normalized spacial score (nSPS) is 11.6. The van der Waals surface area contributed by atoms with E-state index >= 15 is 0 Å². The van der Waals surface area contributed by atoms with Crippen LogP contribution < -0.4 is 0 Å². The van der Waals surface area contributed by atoms with Crippen molar-refractivity contribution in [2.45, 2.75) is 18.8 Å². The van der Waals surface area contributed by atoms with Gasteiger partial charge in [0.15, 0.2) is 11.6 Å². The van der Waals surface area contributed by atoms with E-state index in [4.69, 9.17) is 0 Å². The van der Waals surface area contributed by atoms with Gasteiger partial charge in [-0.15, -0.1) is 0 Å². The van der Waals surface area contributed by atoms with Crippen molar-refractivity contribution in [1.82, 2.24) is 0 Å². The summed E-state index contributed by atoms with van der Waals surface area (Å²) in [5, 5.41) is 0. The third-order valence-electron chi connectivity index (χ3n) is 5.54. The molecule has 2 heteroatoms. The van der Waals surface area contributed by atoms with E-state index < -0.39 is 0 Å². The van der Waals surface area contributed by atoms with Crippen molar-refractivity contribution in [2.75, 3.05) is 0 Å². The molecule has 0 amide bonds. The van der Waals surface area contributed by atoms with Gasteiger partial charge in [-0.3, -0.25) is 9.59 Å². The third-order valence-corrected chi connectivity index (χ3v) is 5.54. The Kier molecular flexibility index (Phi) is 6.49. The molecule has 0 saturated carbocycles. The molecule has 0 spiro atoms. The van der Waals surface area contributed by atoms with Crippen LogP contribution in [-0.4, -0.2) is 11.6 Å². The van der Waals surface area contributed by atoms with E-state index in [0.717, 1.165) is 16.7 Å². The predicted octanol–water partition coefficient (Wildman–Crippen LogP) is 6.98. The fourth-order valence-electron chi connectivity index (χ4n) is 3.82. The van der Waals surface area contributed by atoms with Crippen LogP contribution >= 0.6 is 0 Å². The molecule has 1 atom stereocenters. The van der Waals surface area contributed by atoms with Gasteiger partial charge in [0.1, 0.15) is 0 Å². The van der Waals surface area contributed by atoms with Crippen molar-refractivity contribution in [1.29, 1.82) is 0 Å². The summed E-state index contributed by atoms with van der Waals surface area (Å²) >= 11 is 0. The Morgan fingerprint density at radius 2 is 0.903 bits per heavy atom. The minimum atomic E-state index is -0.157. The standard InChI is InChI=1S/C29H24O2/c30-28(25-14-8-3-9-15-25)20-27(23-12-6-2-7-13-23)21-29(31)26-18-16-24(17-19-26)22-10-4-1-5-11-22/h1-19,27H,20-21H2. The molecule has 0 bridgehead atoms. The molecule has 152 valence electrons. The maximum absolute atomic E-state index is 13.1. The van der Waals surface area contributed by atoms with Crippen molar-refractivity contribution in [3.8, 4) is 11.1 Å². The Hall–Kier alpha value is -3.78. The second-order valence-corrected chi connectivity index (χ2v) is 7.67. The molecule has 0 aliphatic rings. The molecule has 4 rings (SSSR count). The maximum Gasteiger partial charge on any atom is 0.163 e. The first kappa shape index (κ1) is 20.5. The Morgan fingerprint density at radius 1 is 0.484 bits per heavy atom. The minimum Gasteiger partial charge on any atom is -0.294 e. The van der Waals surface area contributed by atoms with Crippen LogP contribution in [0.1, 0.15) is 45.0 Å². The fourth-order valence-corrected chi connectivity index (χ4v) is 3.82. The summed E-state index contributed by atoms with van der Waals surface area (Å²) in [7, 11) is 0. The summed E-state index contributed by atoms with van der Waals surface area (Å²) in [6.45, 7) is 0. The van der Waals surface area contributed by atoms with E-state index in [1.165, 1.54) is 0 Å². The number of hydrogen-bond donors (Lipinski definition) is 0. The summed E-state index contributed by atoms with van der Waals surface area (Å²) in [4.78, 5) is 25.9. The van der Waals surface area contributed by atoms with Gasteiger partial charge in [0.25, 0.3) is 0 Å². The van der Waals surface area contributed by atoms with Crippen LogP contribution in [0, 0.1) is 0 Å². The summed E-state index contributed by atoms with van der Waals surface area (Å²) in [5.41, 5.74) is 4.57. The molecule has 0 aliphatic heterocycles. The Morgan fingerprint density at radius 3 is 1.45 bits per heavy atom. The first-order chi connectivity index (χ1) is 15.2. The van der Waals surface area contributed by atoms with Gasteiger partial charge < -0.3 is 0 Å². The van der Waals surface area contributed by atoms with Crippen LogP contribution in [0.2, 0.25) is 0 Å². The lowest BCUT2D eigenvalue weighted by atomic mass is 9.86. The number of rotatable bonds is 8. The molecule has 1 unspecified atom stereocenters. The monoisotopic (exact) mass is 404 g/mol. The van der Waals surface area contributed by atoms with Gasteiger partial charge >= 0.3 is 0 Å². The van der Waals surface area contributed by atoms with E-state index in [0.29, 0.717) is 24.0 Å². The third kappa shape index (κ3) is 5.23. The average molecular weight is 405 g/mol. The highest BCUT2D eigenvalue weighted by Crippen LogP contribution is 2.28. The second-order valence-electron chi connectivity index (χ2n) is 7.67. The van der Waals surface area contributed by atoms with E-state index in [1.807, 2.05) is 103 Å². The number of hydrogen-bond acceptors (Lipinski definition) is 2. The van der Waals surface area contributed by atoms with E-state index in [-0.39, 0.29) is 17.5 Å². The number of ketones is 2. The molecular formula is C29H24O2. The molecule has 0 heterocycles. The zero-order valence-corrected chi connectivity index (χ0v) is 17.3. The molecule has 0 aliphatic carbocycles. The zero-order valence-electron chi connectivity index (χ0n) is 17.3. The Bertz CT molecular complexity index is 1130. The van der Waals surface area contributed by atoms with Crippen molar-refractivity contribution >= 4 is 11.6 Å². The lowest BCUT2D eigenvalue weighted by Gasteiger charge is -2.16. The smallest absolute Gasteiger partial charge is 0.163 e. The Labute approximate surface area is 183 Å². The number of carbonyl (C=O) groups excluding carboxylic acids is 2. The highest BCUT2D eigenvalue weighted by molar-refractivity contribution is 5.99. The van der Waals surface area contributed by atoms with Crippen LogP contribution in [-0.2, 0) is 0 Å². The van der Waals surface area contributed by atoms with Gasteiger partial charge in [-0.1, -0.05) is 115 Å². The SMILES string of the molecule is O=C(CC(CC(=O)c1ccc(-c2ccccc2)cc1)c1ccccc1)c1ccccc1. The largest absolute Gasteiger partial charge is 0.294 e. The summed E-state index contributed by atoms with van der Waals surface area (Å²) in [6.07, 6.45) is 0.606. The topological polar surface area (TPSA) is 34.1 Å². The van der Waals surface area contributed by atoms with Crippen LogP contribution in [0.5, 0.6) is 0 Å². The molecule has 0 aromatic heterocycles. The van der Waals surface area contributed by atoms with E-state index in [1.54, 1.807) is 0 Å². The molecule has 4 aromatic carbocycles. The fraction of sp³-hybridized carbons (Fsp3) is 0.103. The number of benzene rings is 4. The van der Waals surface area contributed by atoms with Gasteiger partial charge in [-0.05, 0) is 22.6 Å². The molecule has 0 fully saturated rings. The lowest BCUT2D eigenvalue weighted by Crippen LogP contribution is -2.12. The van der Waals surface area contributed by atoms with Gasteiger partial charge in [-0.25, -0.2) is 0 Å². The van der Waals surface area contributed by atoms with Gasteiger partial charge in [0.2, 0.25) is 0 Å². The van der Waals surface area contributed by atoms with Crippen molar-refractivity contribution in [2.24, 2.45) is 0 Å². The number of Topliss-reactive ketones (excluding diaryl/α,β-unsaturated/α-hetero) is 2. The molecule has 0 N–H and O–H groups in total. The molecular weight excluding hydrogens is 380 g/mol. The molecule has 4 aromatic rings. The quantitative estimate of drug-likeness (QED) is 0.297. The van der Waals surface area contributed by atoms with Gasteiger partial charge in [0.05, 0.1) is 0 Å². The van der Waals surface area contributed by atoms with Crippen LogP contribution in [0.15, 0.2) is 115 Å². The zero-order chi connectivity index (χ0) is 21.5. The first-order valence-electron chi connectivity index (χ1n) is 10.5.